The lowest BCUT2D eigenvalue weighted by Crippen LogP contribution is -2.27. The van der Waals surface area contributed by atoms with Gasteiger partial charge in [0.1, 0.15) is 0 Å². The van der Waals surface area contributed by atoms with Gasteiger partial charge in [-0.1, -0.05) is 0 Å². The Hall–Kier alpha value is -1.43. The van der Waals surface area contributed by atoms with Crippen molar-refractivity contribution in [1.29, 1.82) is 0 Å². The molecule has 0 bridgehead atoms. The number of anilines is 2. The topological polar surface area (TPSA) is 48.4 Å². The Kier molecular flexibility index (Phi) is 5.09. The minimum atomic E-state index is -0.716. The number of halogens is 2. The zero-order valence-electron chi connectivity index (χ0n) is 10.0. The molecular formula is C11H17F2N3O. The van der Waals surface area contributed by atoms with Crippen molar-refractivity contribution in [3.8, 4) is 0 Å². The summed E-state index contributed by atoms with van der Waals surface area (Å²) in [6, 6.07) is 0.815. The Morgan fingerprint density at radius 3 is 2.65 bits per heavy atom. The predicted molar refractivity (Wildman–Crippen MR) is 63.3 cm³/mol. The summed E-state index contributed by atoms with van der Waals surface area (Å²) in [6.45, 7) is 2.89. The molecule has 0 spiro atoms. The first-order chi connectivity index (χ1) is 8.13. The van der Waals surface area contributed by atoms with Crippen LogP contribution in [0.2, 0.25) is 0 Å². The predicted octanol–water partition coefficient (Wildman–Crippen LogP) is 1.61. The van der Waals surface area contributed by atoms with Crippen molar-refractivity contribution in [2.45, 2.75) is 13.3 Å². The maximum atomic E-state index is 13.6. The fraction of sp³-hybridized carbons (Fsp3) is 0.545. The molecule has 6 heteroatoms. The summed E-state index contributed by atoms with van der Waals surface area (Å²) in [4.78, 5) is 5.56. The van der Waals surface area contributed by atoms with Crippen molar-refractivity contribution in [3.63, 3.8) is 0 Å². The molecular weight excluding hydrogens is 228 g/mol. The molecule has 0 atom stereocenters. The van der Waals surface area contributed by atoms with E-state index in [1.165, 1.54) is 7.05 Å². The van der Waals surface area contributed by atoms with Crippen LogP contribution in [-0.4, -0.2) is 36.8 Å². The molecule has 1 aromatic rings. The van der Waals surface area contributed by atoms with Gasteiger partial charge in [-0.3, -0.25) is 0 Å². The van der Waals surface area contributed by atoms with Crippen LogP contribution >= 0.6 is 0 Å². The van der Waals surface area contributed by atoms with Crippen molar-refractivity contribution in [1.82, 2.24) is 4.98 Å². The molecule has 1 heterocycles. The van der Waals surface area contributed by atoms with E-state index in [0.29, 0.717) is 19.5 Å². The zero-order valence-corrected chi connectivity index (χ0v) is 10.0. The van der Waals surface area contributed by atoms with E-state index in [2.05, 4.69) is 10.3 Å². The molecule has 0 aromatic carbocycles. The van der Waals surface area contributed by atoms with Crippen LogP contribution in [0.5, 0.6) is 0 Å². The molecule has 0 fully saturated rings. The number of hydrogen-bond acceptors (Lipinski definition) is 4. The highest BCUT2D eigenvalue weighted by molar-refractivity contribution is 5.48. The van der Waals surface area contributed by atoms with E-state index in [9.17, 15) is 8.78 Å². The number of hydrogen-bond donors (Lipinski definition) is 2. The Bertz CT molecular complexity index is 374. The SMILES string of the molecule is CCN(CCCO)c1nc(NC)c(F)cc1F. The average molecular weight is 245 g/mol. The summed E-state index contributed by atoms with van der Waals surface area (Å²) in [5, 5.41) is 11.3. The number of aliphatic hydroxyl groups is 1. The lowest BCUT2D eigenvalue weighted by Gasteiger charge is -2.22. The first-order valence-electron chi connectivity index (χ1n) is 5.53. The Balaban J connectivity index is 3.01. The molecule has 17 heavy (non-hydrogen) atoms. The molecule has 0 aliphatic heterocycles. The van der Waals surface area contributed by atoms with Crippen LogP contribution in [0.4, 0.5) is 20.4 Å². The maximum absolute atomic E-state index is 13.6. The van der Waals surface area contributed by atoms with Gasteiger partial charge >= 0.3 is 0 Å². The Labute approximate surface area is 99.3 Å². The minimum Gasteiger partial charge on any atom is -0.396 e. The second kappa shape index (κ2) is 6.34. The smallest absolute Gasteiger partial charge is 0.168 e. The van der Waals surface area contributed by atoms with E-state index >= 15 is 0 Å². The summed E-state index contributed by atoms with van der Waals surface area (Å²) in [6.07, 6.45) is 0.515. The fourth-order valence-electron chi connectivity index (χ4n) is 1.53. The van der Waals surface area contributed by atoms with E-state index < -0.39 is 11.6 Å². The monoisotopic (exact) mass is 245 g/mol. The third kappa shape index (κ3) is 3.26. The molecule has 0 amide bonds. The highest BCUT2D eigenvalue weighted by atomic mass is 19.1. The normalized spacial score (nSPS) is 10.4. The fourth-order valence-corrected chi connectivity index (χ4v) is 1.53. The molecule has 96 valence electrons. The summed E-state index contributed by atoms with van der Waals surface area (Å²) in [5.41, 5.74) is 0. The van der Waals surface area contributed by atoms with Gasteiger partial charge in [-0.25, -0.2) is 13.8 Å². The maximum Gasteiger partial charge on any atom is 0.168 e. The van der Waals surface area contributed by atoms with Crippen LogP contribution in [0.25, 0.3) is 0 Å². The van der Waals surface area contributed by atoms with Crippen molar-refractivity contribution in [2.24, 2.45) is 0 Å². The third-order valence-electron chi connectivity index (χ3n) is 2.42. The second-order valence-corrected chi connectivity index (χ2v) is 3.53. The van der Waals surface area contributed by atoms with E-state index in [0.717, 1.165) is 6.07 Å². The van der Waals surface area contributed by atoms with Gasteiger partial charge in [-0.2, -0.15) is 0 Å². The van der Waals surface area contributed by atoms with E-state index in [4.69, 9.17) is 5.11 Å². The second-order valence-electron chi connectivity index (χ2n) is 3.53. The summed E-state index contributed by atoms with van der Waals surface area (Å²) < 4.78 is 26.8. The minimum absolute atomic E-state index is 0.0175. The lowest BCUT2D eigenvalue weighted by molar-refractivity contribution is 0.289. The number of nitrogens with one attached hydrogen (secondary N) is 1. The van der Waals surface area contributed by atoms with Crippen LogP contribution in [0.15, 0.2) is 6.07 Å². The molecule has 0 saturated heterocycles. The third-order valence-corrected chi connectivity index (χ3v) is 2.42. The summed E-state index contributed by atoms with van der Waals surface area (Å²) in [5.74, 6) is -1.29. The van der Waals surface area contributed by atoms with Crippen LogP contribution in [0.3, 0.4) is 0 Å². The van der Waals surface area contributed by atoms with Crippen molar-refractivity contribution >= 4 is 11.6 Å². The van der Waals surface area contributed by atoms with Crippen molar-refractivity contribution in [2.75, 3.05) is 37.0 Å². The van der Waals surface area contributed by atoms with Crippen LogP contribution in [-0.2, 0) is 0 Å². The number of pyridine rings is 1. The molecule has 1 rings (SSSR count). The van der Waals surface area contributed by atoms with Gasteiger partial charge in [0.25, 0.3) is 0 Å². The van der Waals surface area contributed by atoms with E-state index in [1.54, 1.807) is 4.90 Å². The zero-order chi connectivity index (χ0) is 12.8. The standard InChI is InChI=1S/C11H17F2N3O/c1-3-16(5-4-6-17)11-9(13)7-8(12)10(14-2)15-11/h7,17H,3-6H2,1-2H3,(H,14,15). The highest BCUT2D eigenvalue weighted by Gasteiger charge is 2.15. The van der Waals surface area contributed by atoms with Crippen molar-refractivity contribution < 1.29 is 13.9 Å². The molecule has 2 N–H and O–H groups in total. The van der Waals surface area contributed by atoms with Crippen molar-refractivity contribution in [3.05, 3.63) is 17.7 Å². The first kappa shape index (κ1) is 13.6. The molecule has 4 nitrogen and oxygen atoms in total. The lowest BCUT2D eigenvalue weighted by atomic mass is 10.3. The van der Waals surface area contributed by atoms with Crippen LogP contribution in [0.1, 0.15) is 13.3 Å². The first-order valence-corrected chi connectivity index (χ1v) is 5.53. The summed E-state index contributed by atoms with van der Waals surface area (Å²) in [7, 11) is 1.52. The van der Waals surface area contributed by atoms with Crippen LogP contribution in [0, 0.1) is 11.6 Å². The molecule has 0 aliphatic carbocycles. The number of nitrogens with zero attached hydrogens (tertiary/aromatic N) is 2. The van der Waals surface area contributed by atoms with Gasteiger partial charge < -0.3 is 15.3 Å². The molecule has 0 radical (unpaired) electrons. The average Bonchev–Trinajstić information content (AvgIpc) is 2.32. The molecule has 0 unspecified atom stereocenters. The van der Waals surface area contributed by atoms with Gasteiger partial charge in [0.15, 0.2) is 23.3 Å². The molecule has 1 aromatic heterocycles. The number of aliphatic hydroxyl groups excluding tert-OH is 1. The largest absolute Gasteiger partial charge is 0.396 e. The van der Waals surface area contributed by atoms with Gasteiger partial charge in [0.2, 0.25) is 0 Å². The summed E-state index contributed by atoms with van der Waals surface area (Å²) >= 11 is 0. The Morgan fingerprint density at radius 2 is 2.12 bits per heavy atom. The van der Waals surface area contributed by atoms with Crippen LogP contribution < -0.4 is 10.2 Å². The molecule has 0 aliphatic rings. The Morgan fingerprint density at radius 1 is 1.41 bits per heavy atom. The van der Waals surface area contributed by atoms with Gasteiger partial charge in [0, 0.05) is 32.8 Å². The van der Waals surface area contributed by atoms with Gasteiger partial charge in [0.05, 0.1) is 0 Å². The van der Waals surface area contributed by atoms with E-state index in [-0.39, 0.29) is 18.2 Å². The number of aromatic nitrogens is 1. The highest BCUT2D eigenvalue weighted by Crippen LogP contribution is 2.22. The quantitative estimate of drug-likeness (QED) is 0.799. The molecule has 0 saturated carbocycles. The van der Waals surface area contributed by atoms with E-state index in [1.807, 2.05) is 6.92 Å². The number of rotatable bonds is 6. The van der Waals surface area contributed by atoms with Gasteiger partial charge in [-0.15, -0.1) is 0 Å². The van der Waals surface area contributed by atoms with Gasteiger partial charge in [-0.05, 0) is 13.3 Å².